The minimum atomic E-state index is -4.53. The number of carbonyl (C=O) groups excluding carboxylic acids is 8. The number of aliphatic carboxylic acids is 1. The van der Waals surface area contributed by atoms with Gasteiger partial charge < -0.3 is 71.0 Å². The second-order valence-electron chi connectivity index (χ2n) is 21.0. The summed E-state index contributed by atoms with van der Waals surface area (Å²) in [6.45, 7) is 4.19. The third kappa shape index (κ3) is 41.8. The Bertz CT molecular complexity index is 1870. The van der Waals surface area contributed by atoms with E-state index in [0.29, 0.717) is 56.2 Å². The van der Waals surface area contributed by atoms with E-state index >= 15 is 0 Å². The maximum absolute atomic E-state index is 13.4. The lowest BCUT2D eigenvalue weighted by atomic mass is 10.0. The first-order valence-electron chi connectivity index (χ1n) is 27.9. The molecule has 7 atom stereocenters. The molecular weight excluding hydrogens is 1060 g/mol. The number of quaternary nitrogens is 1. The van der Waals surface area contributed by atoms with Crippen LogP contribution in [0.5, 0.6) is 0 Å². The molecule has 6 amide bonds. The molecule has 10 N–H and O–H groups in total. The first-order valence-corrected chi connectivity index (χ1v) is 29.4. The number of hydrogen-bond acceptors (Lipinski definition) is 17. The molecule has 27 heteroatoms. The van der Waals surface area contributed by atoms with E-state index in [1.807, 2.05) is 33.1 Å². The number of likely N-dealkylation sites (N-methyl/N-ethyl adjacent to an activating group) is 1. The number of amides is 6. The fraction of sp³-hybridized carbons (Fsp3) is 0.827. The fourth-order valence-electron chi connectivity index (χ4n) is 7.63. The molecule has 0 aliphatic carbocycles. The zero-order chi connectivity index (χ0) is 59.8. The summed E-state index contributed by atoms with van der Waals surface area (Å²) in [4.78, 5) is 124. The van der Waals surface area contributed by atoms with Crippen molar-refractivity contribution < 1.29 is 90.9 Å². The van der Waals surface area contributed by atoms with E-state index in [-0.39, 0.29) is 32.5 Å². The van der Waals surface area contributed by atoms with Gasteiger partial charge in [-0.15, -0.1) is 0 Å². The monoisotopic (exact) mass is 1150 g/mol. The largest absolute Gasteiger partial charge is 0.480 e. The molecule has 0 saturated heterocycles. The number of nitrogens with zero attached hydrogens (tertiary/aromatic N) is 2. The predicted octanol–water partition coefficient (Wildman–Crippen LogP) is 1.70. The quantitative estimate of drug-likeness (QED) is 0.0179. The Balaban J connectivity index is 5.35. The number of carboxylic acids is 1. The summed E-state index contributed by atoms with van der Waals surface area (Å²) < 4.78 is 34.3. The van der Waals surface area contributed by atoms with Gasteiger partial charge >= 0.3 is 25.7 Å². The number of nitrogens with one attached hydrogen (secondary N) is 6. The van der Waals surface area contributed by atoms with Crippen molar-refractivity contribution in [2.75, 3.05) is 87.3 Å². The van der Waals surface area contributed by atoms with Crippen LogP contribution in [0.15, 0.2) is 0 Å². The molecule has 0 aliphatic rings. The van der Waals surface area contributed by atoms with Gasteiger partial charge in [-0.1, -0.05) is 84.0 Å². The molecular formula is C52H98N8O18P+. The molecule has 1 unspecified atom stereocenters. The van der Waals surface area contributed by atoms with Gasteiger partial charge in [-0.3, -0.25) is 52.2 Å². The van der Waals surface area contributed by atoms with Crippen LogP contribution in [0.4, 0.5) is 0 Å². The molecule has 0 aromatic rings. The van der Waals surface area contributed by atoms with Crippen molar-refractivity contribution >= 4 is 61.2 Å². The molecule has 26 nitrogen and oxygen atoms in total. The number of carbonyl (C=O) groups is 9. The number of carboxylic acid groups (broad SMARTS) is 1. The number of rotatable bonds is 48. The molecule has 0 radical (unpaired) electrons. The van der Waals surface area contributed by atoms with Crippen LogP contribution < -0.4 is 31.9 Å². The summed E-state index contributed by atoms with van der Waals surface area (Å²) in [7, 11) is 2.96. The Morgan fingerprint density at radius 3 is 1.65 bits per heavy atom. The first-order chi connectivity index (χ1) is 37.2. The van der Waals surface area contributed by atoms with Crippen LogP contribution in [-0.4, -0.2) is 207 Å². The molecule has 79 heavy (non-hydrogen) atoms. The number of unbranched alkanes of at least 4 members (excludes halogenated alkanes) is 14. The zero-order valence-electron chi connectivity index (χ0n) is 48.3. The van der Waals surface area contributed by atoms with Crippen molar-refractivity contribution in [1.29, 1.82) is 0 Å². The molecule has 0 aromatic heterocycles. The predicted molar refractivity (Wildman–Crippen MR) is 292 cm³/mol. The molecule has 0 aliphatic heterocycles. The van der Waals surface area contributed by atoms with Crippen LogP contribution in [-0.2, 0) is 66.2 Å². The average molecular weight is 1150 g/mol. The van der Waals surface area contributed by atoms with Gasteiger partial charge in [-0.2, -0.15) is 0 Å². The van der Waals surface area contributed by atoms with Crippen molar-refractivity contribution in [3.63, 3.8) is 0 Å². The van der Waals surface area contributed by atoms with Crippen LogP contribution in [0.1, 0.15) is 156 Å². The van der Waals surface area contributed by atoms with Crippen LogP contribution in [0.3, 0.4) is 0 Å². The van der Waals surface area contributed by atoms with Crippen molar-refractivity contribution in [2.45, 2.75) is 193 Å². The van der Waals surface area contributed by atoms with Gasteiger partial charge in [0.2, 0.25) is 35.4 Å². The minimum Gasteiger partial charge on any atom is -0.480 e. The van der Waals surface area contributed by atoms with Crippen molar-refractivity contribution in [2.24, 2.45) is 0 Å². The van der Waals surface area contributed by atoms with Gasteiger partial charge in [-0.05, 0) is 72.5 Å². The maximum atomic E-state index is 13.4. The SMILES string of the molecule is CCCCCCCCCCCCCCCC(=O)OC[C@H](COP(=O)(O)OCC[N+](C)(C)C)OC(=O)CCCCN(C)CCCC[C@H](NC(=O)[C@@H](NC(=O)CNC(=O)[C@@H](NC(C)=O)[C@@H](C)O)[C@@H](C)O)C(=O)NCC(=O)NCC(=O)O. The van der Waals surface area contributed by atoms with Gasteiger partial charge in [0.25, 0.3) is 0 Å². The number of esters is 2. The second-order valence-corrected chi connectivity index (χ2v) is 22.5. The fourth-order valence-corrected chi connectivity index (χ4v) is 8.37. The van der Waals surface area contributed by atoms with Crippen LogP contribution in [0, 0.1) is 0 Å². The van der Waals surface area contributed by atoms with Crippen molar-refractivity contribution in [1.82, 2.24) is 36.8 Å². The topological polar surface area (TPSA) is 364 Å². The second kappa shape index (κ2) is 43.0. The Kier molecular flexibility index (Phi) is 40.4. The summed E-state index contributed by atoms with van der Waals surface area (Å²) in [5, 5.41) is 42.8. The number of ether oxygens (including phenoxy) is 2. The highest BCUT2D eigenvalue weighted by atomic mass is 31.2. The maximum Gasteiger partial charge on any atom is 0.472 e. The highest BCUT2D eigenvalue weighted by Crippen LogP contribution is 2.43. The number of phosphoric ester groups is 1. The highest BCUT2D eigenvalue weighted by Gasteiger charge is 2.32. The molecule has 0 saturated carbocycles. The molecule has 0 heterocycles. The van der Waals surface area contributed by atoms with Crippen LogP contribution >= 0.6 is 7.82 Å². The lowest BCUT2D eigenvalue weighted by molar-refractivity contribution is -0.870. The number of hydrogen-bond donors (Lipinski definition) is 10. The summed E-state index contributed by atoms with van der Waals surface area (Å²) >= 11 is 0. The van der Waals surface area contributed by atoms with Gasteiger partial charge in [-0.25, -0.2) is 4.57 Å². The first kappa shape index (κ1) is 74.2. The van der Waals surface area contributed by atoms with Gasteiger partial charge in [0, 0.05) is 19.8 Å². The summed E-state index contributed by atoms with van der Waals surface area (Å²) in [6.07, 6.45) is 13.0. The third-order valence-electron chi connectivity index (χ3n) is 12.2. The number of phosphoric acid groups is 1. The van der Waals surface area contributed by atoms with E-state index < -0.39 is 124 Å². The summed E-state index contributed by atoms with van der Waals surface area (Å²) in [5.74, 6) is -7.52. The lowest BCUT2D eigenvalue weighted by Crippen LogP contribution is -2.59. The van der Waals surface area contributed by atoms with E-state index in [1.54, 1.807) is 0 Å². The Morgan fingerprint density at radius 2 is 1.10 bits per heavy atom. The number of aliphatic hydroxyl groups excluding tert-OH is 2. The van der Waals surface area contributed by atoms with Crippen LogP contribution in [0.2, 0.25) is 0 Å². The third-order valence-corrected chi connectivity index (χ3v) is 13.2. The van der Waals surface area contributed by atoms with Gasteiger partial charge in [0.05, 0.1) is 53.0 Å². The Hall–Kier alpha value is -4.82. The lowest BCUT2D eigenvalue weighted by Gasteiger charge is -2.25. The Morgan fingerprint density at radius 1 is 0.595 bits per heavy atom. The zero-order valence-corrected chi connectivity index (χ0v) is 49.2. The van der Waals surface area contributed by atoms with Crippen LogP contribution in [0.25, 0.3) is 0 Å². The van der Waals surface area contributed by atoms with Gasteiger partial charge in [0.1, 0.15) is 44.4 Å². The smallest absolute Gasteiger partial charge is 0.472 e. The van der Waals surface area contributed by atoms with E-state index in [9.17, 15) is 62.8 Å². The van der Waals surface area contributed by atoms with E-state index in [0.717, 1.165) is 26.2 Å². The standard InChI is InChI=1S/C52H97N8O18P/c1-9-10-11-12-13-14-15-16-17-18-19-20-21-27-46(68)75-36-41(37-77-79(73,74)76-32-31-60(6,7)8)78-47(69)28-23-25-30-59(5)29-24-22-26-42(50(70)54-33-43(64)53-35-45(66)67)57-52(72)49(39(3)62)58-44(65)34-55-51(71)48(38(2)61)56-40(4)63/h38-39,41-42,48-49,61-62H,9-37H2,1-8H3,(H7-,53,54,55,56,57,58,63,64,65,66,67,70,71,72,73,74)/p+1/t38-,39-,41-,42+,48+,49+/m1/s1. The molecule has 0 fully saturated rings. The Labute approximate surface area is 467 Å². The van der Waals surface area contributed by atoms with Gasteiger partial charge in [0.15, 0.2) is 6.10 Å². The molecule has 458 valence electrons. The molecule has 0 rings (SSSR count). The van der Waals surface area contributed by atoms with E-state index in [2.05, 4.69) is 38.8 Å². The van der Waals surface area contributed by atoms with Crippen molar-refractivity contribution in [3.05, 3.63) is 0 Å². The van der Waals surface area contributed by atoms with E-state index in [1.165, 1.54) is 71.6 Å². The normalized spacial score (nSPS) is 14.5. The molecule has 0 bridgehead atoms. The minimum absolute atomic E-state index is 0.0160. The summed E-state index contributed by atoms with van der Waals surface area (Å²) in [5.41, 5.74) is 0. The van der Waals surface area contributed by atoms with E-state index in [4.69, 9.17) is 23.6 Å². The average Bonchev–Trinajstić information content (AvgIpc) is 3.36. The van der Waals surface area contributed by atoms with Crippen molar-refractivity contribution in [3.8, 4) is 0 Å². The molecule has 0 aromatic carbocycles. The number of aliphatic hydroxyl groups is 2. The summed E-state index contributed by atoms with van der Waals surface area (Å²) in [6, 6.07) is -4.32. The highest BCUT2D eigenvalue weighted by molar-refractivity contribution is 7.47. The molecule has 0 spiro atoms.